The summed E-state index contributed by atoms with van der Waals surface area (Å²) in [5.41, 5.74) is 1.28. The van der Waals surface area contributed by atoms with Gasteiger partial charge in [-0.2, -0.15) is 0 Å². The molecule has 0 spiro atoms. The summed E-state index contributed by atoms with van der Waals surface area (Å²) < 4.78 is 6.74. The lowest BCUT2D eigenvalue weighted by Gasteiger charge is -2.15. The summed E-state index contributed by atoms with van der Waals surface area (Å²) in [6.07, 6.45) is 0. The van der Waals surface area contributed by atoms with E-state index in [0.717, 1.165) is 10.9 Å². The first-order chi connectivity index (χ1) is 12.8. The minimum Gasteiger partial charge on any atom is -0.495 e. The molecule has 0 bridgehead atoms. The van der Waals surface area contributed by atoms with Crippen LogP contribution in [0.2, 0.25) is 15.1 Å². The number of nitrogens with zero attached hydrogens (tertiary/aromatic N) is 1. The fourth-order valence-electron chi connectivity index (χ4n) is 2.88. The van der Waals surface area contributed by atoms with Crippen molar-refractivity contribution < 1.29 is 9.53 Å². The van der Waals surface area contributed by atoms with E-state index in [9.17, 15) is 9.59 Å². The zero-order chi connectivity index (χ0) is 19.7. The number of amides is 1. The van der Waals surface area contributed by atoms with Crippen molar-refractivity contribution in [3.05, 3.63) is 67.4 Å². The molecule has 0 atom stereocenters. The Morgan fingerprint density at radius 1 is 1.15 bits per heavy atom. The number of pyridine rings is 1. The third-order valence-electron chi connectivity index (χ3n) is 4.09. The topological polar surface area (TPSA) is 60.3 Å². The van der Waals surface area contributed by atoms with Gasteiger partial charge in [0.15, 0.2) is 0 Å². The smallest absolute Gasteiger partial charge is 0.251 e. The van der Waals surface area contributed by atoms with Crippen LogP contribution in [0.25, 0.3) is 10.9 Å². The molecule has 1 heterocycles. The molecule has 2 aromatic carbocycles. The Bertz CT molecular complexity index is 1090. The van der Waals surface area contributed by atoms with Gasteiger partial charge in [-0.25, -0.2) is 0 Å². The van der Waals surface area contributed by atoms with Crippen LogP contribution in [-0.2, 0) is 11.3 Å². The number of carbonyl (C=O) groups excluding carboxylic acids is 1. The summed E-state index contributed by atoms with van der Waals surface area (Å²) in [6, 6.07) is 9.87. The standard InChI is InChI=1S/C19H15Cl3N2O3/c1-10-6-17(26)24(19-12(10)4-3-5-15(19)27-2)9-16(25)23-18-13(21)7-11(20)8-14(18)22/h3-8H,9H2,1-2H3,(H,23,25). The molecule has 0 aliphatic carbocycles. The SMILES string of the molecule is COc1cccc2c(C)cc(=O)n(CC(=O)Nc3c(Cl)cc(Cl)cc3Cl)c12. The highest BCUT2D eigenvalue weighted by Crippen LogP contribution is 2.33. The number of aryl methyl sites for hydroxylation is 1. The quantitative estimate of drug-likeness (QED) is 0.645. The molecule has 8 heteroatoms. The van der Waals surface area contributed by atoms with E-state index in [1.807, 2.05) is 19.1 Å². The number of benzene rings is 2. The zero-order valence-electron chi connectivity index (χ0n) is 14.5. The number of methoxy groups -OCH3 is 1. The van der Waals surface area contributed by atoms with Gasteiger partial charge in [-0.1, -0.05) is 46.9 Å². The van der Waals surface area contributed by atoms with E-state index in [0.29, 0.717) is 16.3 Å². The zero-order valence-corrected chi connectivity index (χ0v) is 16.7. The van der Waals surface area contributed by atoms with Gasteiger partial charge < -0.3 is 10.1 Å². The summed E-state index contributed by atoms with van der Waals surface area (Å²) >= 11 is 18.1. The molecule has 0 saturated heterocycles. The van der Waals surface area contributed by atoms with Gasteiger partial charge >= 0.3 is 0 Å². The largest absolute Gasteiger partial charge is 0.495 e. The van der Waals surface area contributed by atoms with Crippen molar-refractivity contribution in [2.24, 2.45) is 0 Å². The van der Waals surface area contributed by atoms with Gasteiger partial charge in [0.05, 0.1) is 28.4 Å². The highest BCUT2D eigenvalue weighted by molar-refractivity contribution is 6.42. The average molecular weight is 426 g/mol. The van der Waals surface area contributed by atoms with Gasteiger partial charge in [0.1, 0.15) is 12.3 Å². The Balaban J connectivity index is 2.02. The first-order valence-corrected chi connectivity index (χ1v) is 9.06. The Kier molecular flexibility index (Phi) is 5.65. The van der Waals surface area contributed by atoms with Crippen LogP contribution in [0, 0.1) is 6.92 Å². The minimum absolute atomic E-state index is 0.208. The first kappa shape index (κ1) is 19.5. The molecular formula is C19H15Cl3N2O3. The molecule has 3 rings (SSSR count). The van der Waals surface area contributed by atoms with Crippen molar-refractivity contribution in [1.29, 1.82) is 0 Å². The fourth-order valence-corrected chi connectivity index (χ4v) is 3.79. The molecule has 1 aromatic heterocycles. The van der Waals surface area contributed by atoms with E-state index in [4.69, 9.17) is 39.5 Å². The molecule has 1 N–H and O–H groups in total. The Morgan fingerprint density at radius 3 is 2.44 bits per heavy atom. The number of anilines is 1. The lowest BCUT2D eigenvalue weighted by atomic mass is 10.1. The molecular weight excluding hydrogens is 411 g/mol. The van der Waals surface area contributed by atoms with Crippen LogP contribution >= 0.6 is 34.8 Å². The lowest BCUT2D eigenvalue weighted by molar-refractivity contribution is -0.116. The van der Waals surface area contributed by atoms with Crippen LogP contribution in [0.5, 0.6) is 5.75 Å². The number of hydrogen-bond acceptors (Lipinski definition) is 3. The van der Waals surface area contributed by atoms with Crippen molar-refractivity contribution in [1.82, 2.24) is 4.57 Å². The van der Waals surface area contributed by atoms with Gasteiger partial charge in [0.25, 0.3) is 5.56 Å². The number of carbonyl (C=O) groups is 1. The van der Waals surface area contributed by atoms with Gasteiger partial charge in [-0.3, -0.25) is 14.2 Å². The highest BCUT2D eigenvalue weighted by Gasteiger charge is 2.16. The van der Waals surface area contributed by atoms with Crippen molar-refractivity contribution in [2.45, 2.75) is 13.5 Å². The van der Waals surface area contributed by atoms with Gasteiger partial charge in [-0.15, -0.1) is 0 Å². The molecule has 27 heavy (non-hydrogen) atoms. The predicted molar refractivity (Wildman–Crippen MR) is 110 cm³/mol. The van der Waals surface area contributed by atoms with E-state index in [1.165, 1.54) is 29.9 Å². The Morgan fingerprint density at radius 2 is 1.81 bits per heavy atom. The second kappa shape index (κ2) is 7.80. The van der Waals surface area contributed by atoms with E-state index >= 15 is 0 Å². The van der Waals surface area contributed by atoms with E-state index in [-0.39, 0.29) is 27.8 Å². The van der Waals surface area contributed by atoms with Crippen molar-refractivity contribution in [3.63, 3.8) is 0 Å². The number of aromatic nitrogens is 1. The lowest BCUT2D eigenvalue weighted by Crippen LogP contribution is -2.28. The van der Waals surface area contributed by atoms with Crippen molar-refractivity contribution in [2.75, 3.05) is 12.4 Å². The number of fused-ring (bicyclic) bond motifs is 1. The number of ether oxygens (including phenoxy) is 1. The third kappa shape index (κ3) is 3.90. The van der Waals surface area contributed by atoms with Crippen LogP contribution in [-0.4, -0.2) is 17.6 Å². The third-order valence-corrected chi connectivity index (χ3v) is 4.91. The molecule has 0 aliphatic heterocycles. The molecule has 0 aliphatic rings. The summed E-state index contributed by atoms with van der Waals surface area (Å²) in [4.78, 5) is 25.1. The van der Waals surface area contributed by atoms with E-state index < -0.39 is 5.91 Å². The summed E-state index contributed by atoms with van der Waals surface area (Å²) in [7, 11) is 1.51. The van der Waals surface area contributed by atoms with Gasteiger partial charge in [0.2, 0.25) is 5.91 Å². The molecule has 0 fully saturated rings. The molecule has 140 valence electrons. The second-order valence-corrected chi connectivity index (χ2v) is 7.15. The maximum atomic E-state index is 12.6. The van der Waals surface area contributed by atoms with Crippen LogP contribution in [0.4, 0.5) is 5.69 Å². The predicted octanol–water partition coefficient (Wildman–Crippen LogP) is 4.92. The summed E-state index contributed by atoms with van der Waals surface area (Å²) in [5.74, 6) is 0.0444. The maximum Gasteiger partial charge on any atom is 0.251 e. The molecule has 3 aromatic rings. The van der Waals surface area contributed by atoms with E-state index in [2.05, 4.69) is 5.32 Å². The number of hydrogen-bond donors (Lipinski definition) is 1. The normalized spacial score (nSPS) is 10.9. The molecule has 0 unspecified atom stereocenters. The number of nitrogens with one attached hydrogen (secondary N) is 1. The van der Waals surface area contributed by atoms with Crippen LogP contribution in [0.15, 0.2) is 41.2 Å². The fraction of sp³-hybridized carbons (Fsp3) is 0.158. The Labute approximate surface area is 170 Å². The van der Waals surface area contributed by atoms with Crippen molar-refractivity contribution >= 4 is 57.3 Å². The first-order valence-electron chi connectivity index (χ1n) is 7.93. The second-order valence-electron chi connectivity index (χ2n) is 5.90. The van der Waals surface area contributed by atoms with Crippen molar-refractivity contribution in [3.8, 4) is 5.75 Å². The molecule has 0 saturated carbocycles. The Hall–Kier alpha value is -2.21. The van der Waals surface area contributed by atoms with Crippen LogP contribution in [0.3, 0.4) is 0 Å². The molecule has 0 radical (unpaired) electrons. The number of halogens is 3. The average Bonchev–Trinajstić information content (AvgIpc) is 2.61. The van der Waals surface area contributed by atoms with Crippen LogP contribution < -0.4 is 15.6 Å². The van der Waals surface area contributed by atoms with Gasteiger partial charge in [-0.05, 0) is 30.7 Å². The monoisotopic (exact) mass is 424 g/mol. The minimum atomic E-state index is -0.459. The molecule has 1 amide bonds. The molecule has 5 nitrogen and oxygen atoms in total. The van der Waals surface area contributed by atoms with Crippen LogP contribution in [0.1, 0.15) is 5.56 Å². The summed E-state index contributed by atoms with van der Waals surface area (Å²) in [6.45, 7) is 1.60. The number of para-hydroxylation sites is 1. The van der Waals surface area contributed by atoms with Gasteiger partial charge in [0, 0.05) is 16.5 Å². The van der Waals surface area contributed by atoms with E-state index in [1.54, 1.807) is 6.07 Å². The maximum absolute atomic E-state index is 12.6. The summed E-state index contributed by atoms with van der Waals surface area (Å²) in [5, 5.41) is 4.23. The highest BCUT2D eigenvalue weighted by atomic mass is 35.5. The number of rotatable bonds is 4.